The Bertz CT molecular complexity index is 956. The molecular weight excluding hydrogens is 453 g/mol. The van der Waals surface area contributed by atoms with Crippen LogP contribution >= 0.6 is 22.6 Å². The van der Waals surface area contributed by atoms with Crippen LogP contribution in [0, 0.1) is 3.57 Å². The summed E-state index contributed by atoms with van der Waals surface area (Å²) in [6.07, 6.45) is 3.36. The number of anilines is 1. The number of ether oxygens (including phenoxy) is 1. The van der Waals surface area contributed by atoms with Crippen molar-refractivity contribution in [2.45, 2.75) is 12.7 Å². The molecule has 0 fully saturated rings. The van der Waals surface area contributed by atoms with Crippen molar-refractivity contribution in [1.82, 2.24) is 14.8 Å². The molecule has 1 atom stereocenters. The second kappa shape index (κ2) is 7.02. The molecule has 132 valence electrons. The fourth-order valence-corrected chi connectivity index (χ4v) is 3.24. The van der Waals surface area contributed by atoms with Crippen LogP contribution in [0.2, 0.25) is 0 Å². The maximum atomic E-state index is 12.8. The minimum Gasteiger partial charge on any atom is -0.434 e. The Morgan fingerprint density at radius 1 is 1.12 bits per heavy atom. The first kappa shape index (κ1) is 17.0. The molecular formula is C18H13F2IN4O. The quantitative estimate of drug-likeness (QED) is 0.574. The molecule has 0 aliphatic carbocycles. The summed E-state index contributed by atoms with van der Waals surface area (Å²) < 4.78 is 33.1. The Labute approximate surface area is 161 Å². The third-order valence-electron chi connectivity index (χ3n) is 4.02. The monoisotopic (exact) mass is 466 g/mol. The zero-order valence-electron chi connectivity index (χ0n) is 13.3. The molecule has 0 amide bonds. The lowest BCUT2D eigenvalue weighted by Gasteiger charge is -2.25. The zero-order chi connectivity index (χ0) is 18.1. The predicted octanol–water partition coefficient (Wildman–Crippen LogP) is 4.54. The lowest BCUT2D eigenvalue weighted by atomic mass is 10.0. The van der Waals surface area contributed by atoms with Gasteiger partial charge in [-0.3, -0.25) is 0 Å². The predicted molar refractivity (Wildman–Crippen MR) is 102 cm³/mol. The van der Waals surface area contributed by atoms with Crippen LogP contribution in [0.15, 0.2) is 60.9 Å². The van der Waals surface area contributed by atoms with Gasteiger partial charge < -0.3 is 10.1 Å². The summed E-state index contributed by atoms with van der Waals surface area (Å²) in [4.78, 5) is 4.23. The van der Waals surface area contributed by atoms with Gasteiger partial charge in [0.15, 0.2) is 0 Å². The molecule has 26 heavy (non-hydrogen) atoms. The summed E-state index contributed by atoms with van der Waals surface area (Å²) in [5.74, 6) is 0.659. The summed E-state index contributed by atoms with van der Waals surface area (Å²) in [6.45, 7) is -2.90. The number of hydrogen-bond acceptors (Lipinski definition) is 4. The van der Waals surface area contributed by atoms with E-state index < -0.39 is 12.7 Å². The first-order valence-electron chi connectivity index (χ1n) is 7.80. The highest BCUT2D eigenvalue weighted by Gasteiger charge is 2.26. The number of allylic oxidation sites excluding steroid dienone is 1. The van der Waals surface area contributed by atoms with Crippen molar-refractivity contribution in [3.05, 3.63) is 75.6 Å². The second-order valence-electron chi connectivity index (χ2n) is 5.60. The number of aromatic nitrogens is 3. The van der Waals surface area contributed by atoms with E-state index in [-0.39, 0.29) is 5.75 Å². The van der Waals surface area contributed by atoms with Crippen molar-refractivity contribution < 1.29 is 13.5 Å². The number of nitrogens with zero attached hydrogens (tertiary/aromatic N) is 3. The first-order chi connectivity index (χ1) is 12.6. The van der Waals surface area contributed by atoms with E-state index in [1.165, 1.54) is 12.4 Å². The van der Waals surface area contributed by atoms with E-state index in [1.54, 1.807) is 22.9 Å². The van der Waals surface area contributed by atoms with Crippen LogP contribution in [0.25, 0.3) is 5.70 Å². The van der Waals surface area contributed by atoms with Crippen LogP contribution in [-0.4, -0.2) is 21.4 Å². The second-order valence-corrected chi connectivity index (χ2v) is 6.85. The number of fused-ring (bicyclic) bond motifs is 1. The summed E-state index contributed by atoms with van der Waals surface area (Å²) >= 11 is 2.24. The minimum absolute atomic E-state index is 0.120. The Morgan fingerprint density at radius 2 is 1.88 bits per heavy atom. The Hall–Kier alpha value is -2.49. The number of halogens is 3. The largest absolute Gasteiger partial charge is 0.434 e. The van der Waals surface area contributed by atoms with Gasteiger partial charge in [-0.25, -0.2) is 4.68 Å². The highest BCUT2D eigenvalue weighted by atomic mass is 127. The van der Waals surface area contributed by atoms with Crippen molar-refractivity contribution in [3.8, 4) is 5.75 Å². The first-order valence-corrected chi connectivity index (χ1v) is 8.88. The molecule has 0 saturated heterocycles. The van der Waals surface area contributed by atoms with Crippen LogP contribution in [0.4, 0.5) is 14.7 Å². The van der Waals surface area contributed by atoms with E-state index in [9.17, 15) is 8.78 Å². The third-order valence-corrected chi connectivity index (χ3v) is 4.74. The van der Waals surface area contributed by atoms with E-state index in [0.717, 1.165) is 14.8 Å². The van der Waals surface area contributed by atoms with Crippen LogP contribution < -0.4 is 10.1 Å². The van der Waals surface area contributed by atoms with E-state index in [4.69, 9.17) is 4.74 Å². The molecule has 4 rings (SSSR count). The average molecular weight is 466 g/mol. The molecule has 0 unspecified atom stereocenters. The van der Waals surface area contributed by atoms with Gasteiger partial charge in [0.1, 0.15) is 18.1 Å². The Balaban J connectivity index is 1.81. The van der Waals surface area contributed by atoms with Crippen molar-refractivity contribution in [1.29, 1.82) is 0 Å². The molecule has 1 aliphatic rings. The van der Waals surface area contributed by atoms with Gasteiger partial charge in [0.2, 0.25) is 5.95 Å². The summed E-state index contributed by atoms with van der Waals surface area (Å²) in [5, 5.41) is 7.46. The number of benzene rings is 2. The average Bonchev–Trinajstić information content (AvgIpc) is 3.10. The smallest absolute Gasteiger partial charge is 0.387 e. The van der Waals surface area contributed by atoms with Gasteiger partial charge in [0, 0.05) is 14.8 Å². The van der Waals surface area contributed by atoms with Gasteiger partial charge in [-0.2, -0.15) is 18.9 Å². The summed E-state index contributed by atoms with van der Waals surface area (Å²) in [5.41, 5.74) is 2.39. The lowest BCUT2D eigenvalue weighted by Crippen LogP contribution is -2.21. The molecule has 2 heterocycles. The molecule has 2 aromatic carbocycles. The molecule has 8 heteroatoms. The van der Waals surface area contributed by atoms with Crippen LogP contribution in [-0.2, 0) is 0 Å². The van der Waals surface area contributed by atoms with Gasteiger partial charge >= 0.3 is 6.61 Å². The zero-order valence-corrected chi connectivity index (χ0v) is 15.5. The summed E-state index contributed by atoms with van der Waals surface area (Å²) in [7, 11) is 0. The molecule has 0 spiro atoms. The molecule has 1 N–H and O–H groups in total. The number of para-hydroxylation sites is 1. The standard InChI is InChI=1S/C18H13F2IN4O/c19-17(20)26-16-4-2-1-3-13(16)15-9-14(11-5-7-12(21)8-6-11)24-18-22-10-23-25(15)18/h1-10,15,17H,(H,22,23,24)/t15-/m0/s1. The molecule has 5 nitrogen and oxygen atoms in total. The van der Waals surface area contributed by atoms with Gasteiger partial charge in [0.25, 0.3) is 0 Å². The van der Waals surface area contributed by atoms with E-state index in [0.29, 0.717) is 11.5 Å². The molecule has 1 aliphatic heterocycles. The van der Waals surface area contributed by atoms with Crippen LogP contribution in [0.3, 0.4) is 0 Å². The van der Waals surface area contributed by atoms with E-state index >= 15 is 0 Å². The SMILES string of the molecule is FC(F)Oc1ccccc1[C@@H]1C=C(c2ccc(I)cc2)Nc2ncnn21. The minimum atomic E-state index is -2.90. The van der Waals surface area contributed by atoms with Gasteiger partial charge in [-0.15, -0.1) is 0 Å². The van der Waals surface area contributed by atoms with E-state index in [1.807, 2.05) is 30.3 Å². The highest BCUT2D eigenvalue weighted by molar-refractivity contribution is 14.1. The molecule has 3 aromatic rings. The molecule has 0 saturated carbocycles. The van der Waals surface area contributed by atoms with Crippen molar-refractivity contribution in [3.63, 3.8) is 0 Å². The van der Waals surface area contributed by atoms with Gasteiger partial charge in [-0.1, -0.05) is 30.3 Å². The van der Waals surface area contributed by atoms with Crippen LogP contribution in [0.1, 0.15) is 17.2 Å². The summed E-state index contributed by atoms with van der Waals surface area (Å²) in [6, 6.07) is 14.3. The lowest BCUT2D eigenvalue weighted by molar-refractivity contribution is -0.0506. The maximum absolute atomic E-state index is 12.8. The van der Waals surface area contributed by atoms with Gasteiger partial charge in [0.05, 0.1) is 0 Å². The van der Waals surface area contributed by atoms with Crippen LogP contribution in [0.5, 0.6) is 5.75 Å². The van der Waals surface area contributed by atoms with Crippen molar-refractivity contribution >= 4 is 34.2 Å². The number of hydrogen-bond donors (Lipinski definition) is 1. The highest BCUT2D eigenvalue weighted by Crippen LogP contribution is 2.36. The fourth-order valence-electron chi connectivity index (χ4n) is 2.88. The molecule has 0 bridgehead atoms. The normalized spacial score (nSPS) is 16.0. The number of rotatable bonds is 4. The maximum Gasteiger partial charge on any atom is 0.387 e. The van der Waals surface area contributed by atoms with Crippen molar-refractivity contribution in [2.24, 2.45) is 0 Å². The Morgan fingerprint density at radius 3 is 2.65 bits per heavy atom. The number of nitrogens with one attached hydrogen (secondary N) is 1. The fraction of sp³-hybridized carbons (Fsp3) is 0.111. The molecule has 0 radical (unpaired) electrons. The third kappa shape index (κ3) is 3.28. The van der Waals surface area contributed by atoms with Gasteiger partial charge in [-0.05, 0) is 52.4 Å². The Kier molecular flexibility index (Phi) is 4.58. The number of alkyl halides is 2. The van der Waals surface area contributed by atoms with Crippen molar-refractivity contribution in [2.75, 3.05) is 5.32 Å². The molecule has 1 aromatic heterocycles. The van der Waals surface area contributed by atoms with E-state index in [2.05, 4.69) is 38.0 Å². The topological polar surface area (TPSA) is 52.0 Å².